The van der Waals surface area contributed by atoms with Gasteiger partial charge in [-0.05, 0) is 51.3 Å². The quantitative estimate of drug-likeness (QED) is 0.886. The fraction of sp³-hybridized carbons (Fsp3) is 0.600. The molecule has 0 bridgehead atoms. The highest BCUT2D eigenvalue weighted by atomic mass is 19.1. The van der Waals surface area contributed by atoms with Crippen molar-refractivity contribution in [2.24, 2.45) is 0 Å². The summed E-state index contributed by atoms with van der Waals surface area (Å²) in [5.41, 5.74) is 1.69. The Hall–Kier alpha value is -1.09. The van der Waals surface area contributed by atoms with Crippen molar-refractivity contribution in [3.63, 3.8) is 0 Å². The Kier molecular flexibility index (Phi) is 3.91. The minimum absolute atomic E-state index is 0.283. The molecular weight excluding hydrogens is 229 g/mol. The number of hydrogen-bond donors (Lipinski definition) is 1. The van der Waals surface area contributed by atoms with Gasteiger partial charge in [0.1, 0.15) is 5.82 Å². The van der Waals surface area contributed by atoms with Gasteiger partial charge in [0.05, 0.1) is 6.10 Å². The molecule has 1 heterocycles. The lowest BCUT2D eigenvalue weighted by atomic mass is 10.0. The van der Waals surface area contributed by atoms with E-state index >= 15 is 0 Å². The second-order valence-electron chi connectivity index (χ2n) is 5.27. The number of aliphatic hydroxyl groups excluding tert-OH is 1. The normalized spacial score (nSPS) is 25.5. The van der Waals surface area contributed by atoms with E-state index in [2.05, 4.69) is 18.7 Å². The number of aliphatic hydroxyl groups is 1. The van der Waals surface area contributed by atoms with Gasteiger partial charge in [-0.15, -0.1) is 0 Å². The minimum Gasteiger partial charge on any atom is -0.389 e. The zero-order valence-electron chi connectivity index (χ0n) is 11.4. The SMILES string of the molecule is CCC1CCC(C)N1c1ccc(F)cc1[C@H](C)O. The fourth-order valence-corrected chi connectivity index (χ4v) is 3.00. The zero-order chi connectivity index (χ0) is 13.3. The summed E-state index contributed by atoms with van der Waals surface area (Å²) in [5, 5.41) is 9.84. The lowest BCUT2D eigenvalue weighted by molar-refractivity contribution is 0.199. The van der Waals surface area contributed by atoms with E-state index in [0.29, 0.717) is 17.6 Å². The first-order chi connectivity index (χ1) is 8.54. The van der Waals surface area contributed by atoms with Crippen molar-refractivity contribution in [3.8, 4) is 0 Å². The van der Waals surface area contributed by atoms with Gasteiger partial charge in [0, 0.05) is 23.3 Å². The Labute approximate surface area is 108 Å². The van der Waals surface area contributed by atoms with E-state index in [9.17, 15) is 9.50 Å². The van der Waals surface area contributed by atoms with Crippen molar-refractivity contribution in [2.75, 3.05) is 4.90 Å². The van der Waals surface area contributed by atoms with Crippen LogP contribution in [0, 0.1) is 5.82 Å². The standard InChI is InChI=1S/C15H22FNO/c1-4-13-7-5-10(2)17(13)15-8-6-12(16)9-14(15)11(3)18/h6,8-11,13,18H,4-5,7H2,1-3H3/t10?,11-,13?/m0/s1. The molecule has 1 fully saturated rings. The minimum atomic E-state index is -0.638. The highest BCUT2D eigenvalue weighted by Crippen LogP contribution is 2.36. The Bertz CT molecular complexity index is 419. The number of hydrogen-bond acceptors (Lipinski definition) is 2. The van der Waals surface area contributed by atoms with Crippen molar-refractivity contribution < 1.29 is 9.50 Å². The fourth-order valence-electron chi connectivity index (χ4n) is 3.00. The van der Waals surface area contributed by atoms with Gasteiger partial charge in [0.15, 0.2) is 0 Å². The predicted molar refractivity (Wildman–Crippen MR) is 72.3 cm³/mol. The van der Waals surface area contributed by atoms with Gasteiger partial charge >= 0.3 is 0 Å². The summed E-state index contributed by atoms with van der Waals surface area (Å²) in [4.78, 5) is 2.35. The molecule has 0 spiro atoms. The molecule has 1 aliphatic rings. The molecule has 1 aromatic rings. The van der Waals surface area contributed by atoms with Gasteiger partial charge < -0.3 is 10.0 Å². The third kappa shape index (κ3) is 2.37. The third-order valence-corrected chi connectivity index (χ3v) is 3.98. The van der Waals surface area contributed by atoms with Crippen LogP contribution in [0.3, 0.4) is 0 Å². The topological polar surface area (TPSA) is 23.5 Å². The van der Waals surface area contributed by atoms with Gasteiger partial charge in [-0.1, -0.05) is 6.92 Å². The van der Waals surface area contributed by atoms with Crippen molar-refractivity contribution >= 4 is 5.69 Å². The Morgan fingerprint density at radius 3 is 2.78 bits per heavy atom. The van der Waals surface area contributed by atoms with Crippen molar-refractivity contribution in [2.45, 2.75) is 58.2 Å². The number of benzene rings is 1. The van der Waals surface area contributed by atoms with E-state index in [0.717, 1.165) is 18.5 Å². The number of halogens is 1. The average Bonchev–Trinajstić information content (AvgIpc) is 2.70. The van der Waals surface area contributed by atoms with E-state index in [1.54, 1.807) is 6.92 Å². The summed E-state index contributed by atoms with van der Waals surface area (Å²) < 4.78 is 13.3. The largest absolute Gasteiger partial charge is 0.389 e. The molecular formula is C15H22FNO. The molecule has 3 atom stereocenters. The Balaban J connectivity index is 2.43. The van der Waals surface area contributed by atoms with Gasteiger partial charge in [-0.25, -0.2) is 4.39 Å². The molecule has 0 aromatic heterocycles. The van der Waals surface area contributed by atoms with Crippen LogP contribution in [0.4, 0.5) is 10.1 Å². The van der Waals surface area contributed by atoms with E-state index in [1.807, 2.05) is 6.07 Å². The van der Waals surface area contributed by atoms with Gasteiger partial charge in [-0.3, -0.25) is 0 Å². The molecule has 2 unspecified atom stereocenters. The molecule has 0 amide bonds. The summed E-state index contributed by atoms with van der Waals surface area (Å²) in [5.74, 6) is -0.283. The molecule has 1 aromatic carbocycles. The lowest BCUT2D eigenvalue weighted by Crippen LogP contribution is -2.35. The number of rotatable bonds is 3. The summed E-state index contributed by atoms with van der Waals surface area (Å²) in [6.45, 7) is 6.08. The Morgan fingerprint density at radius 1 is 1.44 bits per heavy atom. The van der Waals surface area contributed by atoms with E-state index < -0.39 is 6.10 Å². The molecule has 18 heavy (non-hydrogen) atoms. The van der Waals surface area contributed by atoms with Crippen LogP contribution < -0.4 is 4.90 Å². The van der Waals surface area contributed by atoms with Crippen molar-refractivity contribution in [1.29, 1.82) is 0 Å². The molecule has 0 saturated carbocycles. The smallest absolute Gasteiger partial charge is 0.123 e. The van der Waals surface area contributed by atoms with Gasteiger partial charge in [0.2, 0.25) is 0 Å². The number of anilines is 1. The van der Waals surface area contributed by atoms with Crippen LogP contribution >= 0.6 is 0 Å². The maximum absolute atomic E-state index is 13.3. The molecule has 1 N–H and O–H groups in total. The molecule has 2 nitrogen and oxygen atoms in total. The van der Waals surface area contributed by atoms with Crippen LogP contribution in [0.25, 0.3) is 0 Å². The molecule has 3 heteroatoms. The second kappa shape index (κ2) is 5.27. The highest BCUT2D eigenvalue weighted by Gasteiger charge is 2.31. The zero-order valence-corrected chi connectivity index (χ0v) is 11.4. The van der Waals surface area contributed by atoms with Crippen LogP contribution in [0.15, 0.2) is 18.2 Å². The third-order valence-electron chi connectivity index (χ3n) is 3.98. The molecule has 2 rings (SSSR count). The Morgan fingerprint density at radius 2 is 2.17 bits per heavy atom. The van der Waals surface area contributed by atoms with E-state index in [-0.39, 0.29) is 5.82 Å². The average molecular weight is 251 g/mol. The van der Waals surface area contributed by atoms with Crippen LogP contribution in [-0.2, 0) is 0 Å². The molecule has 1 aliphatic heterocycles. The summed E-state index contributed by atoms with van der Waals surface area (Å²) in [7, 11) is 0. The monoisotopic (exact) mass is 251 g/mol. The summed E-state index contributed by atoms with van der Waals surface area (Å²) in [6.07, 6.45) is 2.78. The predicted octanol–water partition coefficient (Wildman–Crippen LogP) is 3.65. The van der Waals surface area contributed by atoms with Crippen molar-refractivity contribution in [3.05, 3.63) is 29.6 Å². The molecule has 100 valence electrons. The maximum atomic E-state index is 13.3. The molecule has 1 saturated heterocycles. The second-order valence-corrected chi connectivity index (χ2v) is 5.27. The van der Waals surface area contributed by atoms with Gasteiger partial charge in [0.25, 0.3) is 0 Å². The summed E-state index contributed by atoms with van der Waals surface area (Å²) in [6, 6.07) is 5.71. The maximum Gasteiger partial charge on any atom is 0.123 e. The van der Waals surface area contributed by atoms with Crippen LogP contribution in [0.5, 0.6) is 0 Å². The van der Waals surface area contributed by atoms with E-state index in [1.165, 1.54) is 18.6 Å². The van der Waals surface area contributed by atoms with E-state index in [4.69, 9.17) is 0 Å². The van der Waals surface area contributed by atoms with Crippen LogP contribution in [0.2, 0.25) is 0 Å². The molecule has 0 aliphatic carbocycles. The summed E-state index contributed by atoms with van der Waals surface area (Å²) >= 11 is 0. The first kappa shape index (κ1) is 13.3. The van der Waals surface area contributed by atoms with Gasteiger partial charge in [-0.2, -0.15) is 0 Å². The van der Waals surface area contributed by atoms with Crippen LogP contribution in [0.1, 0.15) is 51.7 Å². The first-order valence-corrected chi connectivity index (χ1v) is 6.80. The lowest BCUT2D eigenvalue weighted by Gasteiger charge is -2.32. The van der Waals surface area contributed by atoms with Crippen molar-refractivity contribution in [1.82, 2.24) is 0 Å². The molecule has 0 radical (unpaired) electrons. The number of nitrogens with zero attached hydrogens (tertiary/aromatic N) is 1. The van der Waals surface area contributed by atoms with Crippen LogP contribution in [-0.4, -0.2) is 17.2 Å². The first-order valence-electron chi connectivity index (χ1n) is 6.80. The highest BCUT2D eigenvalue weighted by molar-refractivity contribution is 5.57.